The molecule has 11 heteroatoms. The molecule has 2 aromatic carbocycles. The highest BCUT2D eigenvalue weighted by Gasteiger charge is 2.35. The van der Waals surface area contributed by atoms with Crippen molar-refractivity contribution in [3.8, 4) is 0 Å². The highest BCUT2D eigenvalue weighted by molar-refractivity contribution is 5.89. The van der Waals surface area contributed by atoms with Crippen molar-refractivity contribution in [1.29, 1.82) is 0 Å². The van der Waals surface area contributed by atoms with Crippen LogP contribution in [0.15, 0.2) is 60.7 Å². The number of hydrogen-bond acceptors (Lipinski definition) is 7. The number of aliphatic hydroxyl groups is 1. The number of likely N-dealkylation sites (tertiary alicyclic amines) is 1. The van der Waals surface area contributed by atoms with Crippen LogP contribution in [0.3, 0.4) is 0 Å². The van der Waals surface area contributed by atoms with Gasteiger partial charge in [-0.25, -0.2) is 4.79 Å². The molecule has 2 aromatic rings. The molecule has 1 saturated heterocycles. The Kier molecular flexibility index (Phi) is 13.8. The van der Waals surface area contributed by atoms with Gasteiger partial charge in [0.05, 0.1) is 12.1 Å². The van der Waals surface area contributed by atoms with E-state index < -0.39 is 42.2 Å². The molecule has 1 heterocycles. The van der Waals surface area contributed by atoms with Crippen LogP contribution in [-0.2, 0) is 32.0 Å². The number of nitrogens with two attached hydrogens (primary N) is 1. The number of carbonyl (C=O) groups excluding carboxylic acids is 4. The van der Waals surface area contributed by atoms with Gasteiger partial charge in [0, 0.05) is 25.0 Å². The Morgan fingerprint density at radius 3 is 1.98 bits per heavy atom. The fourth-order valence-corrected chi connectivity index (χ4v) is 5.56. The van der Waals surface area contributed by atoms with Crippen LogP contribution in [0.4, 0.5) is 4.79 Å². The number of alkyl carbamates (subject to hydrolysis) is 1. The molecule has 0 saturated carbocycles. The molecule has 3 rings (SSSR count). The van der Waals surface area contributed by atoms with E-state index in [1.165, 1.54) is 6.92 Å². The van der Waals surface area contributed by atoms with Crippen LogP contribution in [0, 0.1) is 11.8 Å². The first-order chi connectivity index (χ1) is 21.5. The number of carbonyl (C=O) groups is 4. The Hall–Kier alpha value is -3.96. The van der Waals surface area contributed by atoms with E-state index in [-0.39, 0.29) is 30.6 Å². The second kappa shape index (κ2) is 17.5. The van der Waals surface area contributed by atoms with Gasteiger partial charge < -0.3 is 36.4 Å². The first-order valence-electron chi connectivity index (χ1n) is 15.8. The van der Waals surface area contributed by atoms with Crippen LogP contribution in [0.1, 0.15) is 51.2 Å². The monoisotopic (exact) mass is 623 g/mol. The van der Waals surface area contributed by atoms with E-state index in [0.29, 0.717) is 25.6 Å². The molecule has 0 radical (unpaired) electrons. The van der Waals surface area contributed by atoms with Crippen molar-refractivity contribution in [2.45, 2.75) is 83.2 Å². The van der Waals surface area contributed by atoms with E-state index in [1.54, 1.807) is 0 Å². The van der Waals surface area contributed by atoms with Crippen molar-refractivity contribution in [1.82, 2.24) is 20.9 Å². The van der Waals surface area contributed by atoms with Crippen LogP contribution in [0.25, 0.3) is 0 Å². The van der Waals surface area contributed by atoms with Gasteiger partial charge in [0.2, 0.25) is 11.8 Å². The lowest BCUT2D eigenvalue weighted by atomic mass is 9.88. The van der Waals surface area contributed by atoms with Crippen LogP contribution in [0.5, 0.6) is 0 Å². The summed E-state index contributed by atoms with van der Waals surface area (Å²) < 4.78 is 5.09. The number of aliphatic hydroxyl groups excluding tert-OH is 1. The van der Waals surface area contributed by atoms with Crippen molar-refractivity contribution in [2.75, 3.05) is 20.1 Å². The molecular formula is C34H49N5O6. The molecule has 11 nitrogen and oxygen atoms in total. The smallest absolute Gasteiger partial charge is 0.408 e. The molecule has 4 amide bonds. The number of rotatable bonds is 15. The number of piperidine rings is 1. The summed E-state index contributed by atoms with van der Waals surface area (Å²) in [5, 5.41) is 20.5. The van der Waals surface area contributed by atoms with Crippen LogP contribution >= 0.6 is 0 Å². The summed E-state index contributed by atoms with van der Waals surface area (Å²) in [6, 6.07) is 17.6. The third-order valence-corrected chi connectivity index (χ3v) is 8.42. The summed E-state index contributed by atoms with van der Waals surface area (Å²) in [7, 11) is 1.92. The molecule has 1 fully saturated rings. The number of nitrogens with one attached hydrogen (secondary N) is 3. The molecule has 0 aliphatic carbocycles. The number of ether oxygens (including phenoxy) is 1. The topological polar surface area (TPSA) is 163 Å². The minimum absolute atomic E-state index is 0.00352. The maximum atomic E-state index is 13.9. The maximum Gasteiger partial charge on any atom is 0.408 e. The zero-order chi connectivity index (χ0) is 32.9. The number of hydrogen-bond donors (Lipinski definition) is 5. The first kappa shape index (κ1) is 35.5. The number of benzene rings is 2. The molecule has 1 aliphatic rings. The lowest BCUT2D eigenvalue weighted by Gasteiger charge is -2.36. The van der Waals surface area contributed by atoms with Crippen molar-refractivity contribution in [3.63, 3.8) is 0 Å². The predicted molar refractivity (Wildman–Crippen MR) is 172 cm³/mol. The van der Waals surface area contributed by atoms with Crippen molar-refractivity contribution >= 4 is 23.8 Å². The van der Waals surface area contributed by atoms with Crippen molar-refractivity contribution in [3.05, 3.63) is 71.8 Å². The highest BCUT2D eigenvalue weighted by atomic mass is 16.6. The van der Waals surface area contributed by atoms with Gasteiger partial charge in [-0.1, -0.05) is 74.5 Å². The lowest BCUT2D eigenvalue weighted by Crippen LogP contribution is -2.55. The van der Waals surface area contributed by atoms with Gasteiger partial charge in [0.15, 0.2) is 6.10 Å². The van der Waals surface area contributed by atoms with Gasteiger partial charge in [-0.05, 0) is 63.1 Å². The van der Waals surface area contributed by atoms with E-state index in [9.17, 15) is 24.3 Å². The Balaban J connectivity index is 1.81. The molecule has 5 atom stereocenters. The molecule has 0 bridgehead atoms. The van der Waals surface area contributed by atoms with E-state index in [2.05, 4.69) is 16.0 Å². The Morgan fingerprint density at radius 1 is 0.911 bits per heavy atom. The van der Waals surface area contributed by atoms with Gasteiger partial charge >= 0.3 is 6.09 Å². The van der Waals surface area contributed by atoms with Gasteiger partial charge in [0.25, 0.3) is 5.91 Å². The number of primary amides is 1. The maximum absolute atomic E-state index is 13.9. The minimum Gasteiger partial charge on any atom is -0.436 e. The van der Waals surface area contributed by atoms with Crippen molar-refractivity contribution < 1.29 is 29.0 Å². The summed E-state index contributed by atoms with van der Waals surface area (Å²) >= 11 is 0. The summed E-state index contributed by atoms with van der Waals surface area (Å²) in [5.74, 6) is -2.13. The van der Waals surface area contributed by atoms with Crippen LogP contribution in [-0.4, -0.2) is 84.3 Å². The summed E-state index contributed by atoms with van der Waals surface area (Å²) in [6.45, 7) is 6.41. The van der Waals surface area contributed by atoms with E-state index in [4.69, 9.17) is 10.5 Å². The summed E-state index contributed by atoms with van der Waals surface area (Å²) in [5.41, 5.74) is 6.99. The van der Waals surface area contributed by atoms with E-state index in [0.717, 1.165) is 24.0 Å². The van der Waals surface area contributed by atoms with Gasteiger partial charge in [-0.2, -0.15) is 0 Å². The second-order valence-corrected chi connectivity index (χ2v) is 12.2. The molecule has 246 valence electrons. The van der Waals surface area contributed by atoms with E-state index in [1.807, 2.05) is 86.5 Å². The molecule has 0 aromatic heterocycles. The molecule has 45 heavy (non-hydrogen) atoms. The highest BCUT2D eigenvalue weighted by Crippen LogP contribution is 2.21. The average Bonchev–Trinajstić information content (AvgIpc) is 3.03. The fraction of sp³-hybridized carbons (Fsp3) is 0.529. The van der Waals surface area contributed by atoms with Gasteiger partial charge in [-0.15, -0.1) is 0 Å². The average molecular weight is 624 g/mol. The summed E-state index contributed by atoms with van der Waals surface area (Å²) in [4.78, 5) is 53.5. The predicted octanol–water partition coefficient (Wildman–Crippen LogP) is 2.16. The SMILES string of the molecule is CNC1CCN(C(=O)[C@@H](NC(=O)C(Cc2ccccc2)C[C@H](O)[C@@H](Cc2ccccc2)NC(=O)O[C@@H](C)C(N)=O)C(C)C)CC1. The van der Waals surface area contributed by atoms with Crippen LogP contribution < -0.4 is 21.7 Å². The van der Waals surface area contributed by atoms with Crippen molar-refractivity contribution in [2.24, 2.45) is 17.6 Å². The third kappa shape index (κ3) is 11.2. The number of amides is 4. The molecule has 1 unspecified atom stereocenters. The molecule has 6 N–H and O–H groups in total. The Labute approximate surface area is 266 Å². The lowest BCUT2D eigenvalue weighted by molar-refractivity contribution is -0.139. The van der Waals surface area contributed by atoms with Crippen LogP contribution in [0.2, 0.25) is 0 Å². The normalized spacial score (nSPS) is 17.1. The standard InChI is InChI=1S/C34H49N5O6/c1-22(2)30(33(43)39-17-15-27(36-4)16-18-39)38-32(42)26(19-24-11-7-5-8-12-24)21-29(40)28(20-25-13-9-6-10-14-25)37-34(44)45-23(3)31(35)41/h5-14,22-23,26-30,36,40H,15-21H2,1-4H3,(H2,35,41)(H,37,44)(H,38,42)/t23-,26?,28+,29-,30-/m0/s1. The molecular weight excluding hydrogens is 574 g/mol. The van der Waals surface area contributed by atoms with Gasteiger partial charge in [-0.3, -0.25) is 14.4 Å². The minimum atomic E-state index is -1.17. The quantitative estimate of drug-likeness (QED) is 0.203. The Morgan fingerprint density at radius 2 is 1.47 bits per heavy atom. The molecule has 0 spiro atoms. The molecule has 1 aliphatic heterocycles. The first-order valence-corrected chi connectivity index (χ1v) is 15.8. The summed E-state index contributed by atoms with van der Waals surface area (Å²) in [6.07, 6.45) is -0.982. The third-order valence-electron chi connectivity index (χ3n) is 8.42. The zero-order valence-electron chi connectivity index (χ0n) is 26.8. The largest absolute Gasteiger partial charge is 0.436 e. The zero-order valence-corrected chi connectivity index (χ0v) is 26.8. The Bertz CT molecular complexity index is 1240. The fourth-order valence-electron chi connectivity index (χ4n) is 5.56. The van der Waals surface area contributed by atoms with Gasteiger partial charge in [0.1, 0.15) is 6.04 Å². The second-order valence-electron chi connectivity index (χ2n) is 12.2. The number of nitrogens with zero attached hydrogens (tertiary/aromatic N) is 1. The van der Waals surface area contributed by atoms with E-state index >= 15 is 0 Å².